The van der Waals surface area contributed by atoms with E-state index >= 15 is 0 Å². The number of hydrogen-bond donors (Lipinski definition) is 1. The van der Waals surface area contributed by atoms with Crippen LogP contribution < -0.4 is 15.2 Å². The van der Waals surface area contributed by atoms with Gasteiger partial charge in [-0.1, -0.05) is 23.7 Å². The van der Waals surface area contributed by atoms with Gasteiger partial charge < -0.3 is 15.2 Å². The van der Waals surface area contributed by atoms with Crippen molar-refractivity contribution in [2.24, 2.45) is 5.73 Å². The highest BCUT2D eigenvalue weighted by Crippen LogP contribution is 2.26. The van der Waals surface area contributed by atoms with Crippen LogP contribution in [0.3, 0.4) is 0 Å². The lowest BCUT2D eigenvalue weighted by atomic mass is 10.2. The van der Waals surface area contributed by atoms with E-state index in [-0.39, 0.29) is 6.61 Å². The summed E-state index contributed by atoms with van der Waals surface area (Å²) in [6.45, 7) is 0.436. The second-order valence-electron chi connectivity index (χ2n) is 4.20. The van der Waals surface area contributed by atoms with Crippen molar-refractivity contribution in [2.45, 2.75) is 13.2 Å². The standard InChI is InChI=1S/C15H15ClFNO2/c1-19-13-5-3-10(8-18)15(7-13)20-9-11-2-4-12(16)6-14(11)17/h2-7H,8-9,18H2,1H3. The summed E-state index contributed by atoms with van der Waals surface area (Å²) in [6.07, 6.45) is 0. The van der Waals surface area contributed by atoms with Gasteiger partial charge in [0.2, 0.25) is 0 Å². The lowest BCUT2D eigenvalue weighted by molar-refractivity contribution is 0.294. The molecule has 5 heteroatoms. The van der Waals surface area contributed by atoms with Gasteiger partial charge in [0.25, 0.3) is 0 Å². The van der Waals surface area contributed by atoms with Crippen LogP contribution in [0.25, 0.3) is 0 Å². The summed E-state index contributed by atoms with van der Waals surface area (Å²) in [4.78, 5) is 0. The lowest BCUT2D eigenvalue weighted by Crippen LogP contribution is -2.04. The monoisotopic (exact) mass is 295 g/mol. The molecular weight excluding hydrogens is 281 g/mol. The van der Waals surface area contributed by atoms with Gasteiger partial charge in [0.1, 0.15) is 23.9 Å². The molecule has 3 nitrogen and oxygen atoms in total. The third-order valence-electron chi connectivity index (χ3n) is 2.89. The zero-order chi connectivity index (χ0) is 14.5. The van der Waals surface area contributed by atoms with E-state index in [1.54, 1.807) is 31.4 Å². The van der Waals surface area contributed by atoms with Gasteiger partial charge in [-0.2, -0.15) is 0 Å². The largest absolute Gasteiger partial charge is 0.497 e. The van der Waals surface area contributed by atoms with Crippen LogP contribution in [0.2, 0.25) is 5.02 Å². The molecule has 0 spiro atoms. The second kappa shape index (κ2) is 6.59. The topological polar surface area (TPSA) is 44.5 Å². The van der Waals surface area contributed by atoms with Crippen LogP contribution in [-0.4, -0.2) is 7.11 Å². The van der Waals surface area contributed by atoms with E-state index in [2.05, 4.69) is 0 Å². The summed E-state index contributed by atoms with van der Waals surface area (Å²) in [7, 11) is 1.57. The van der Waals surface area contributed by atoms with Crippen LogP contribution in [0.4, 0.5) is 4.39 Å². The number of benzene rings is 2. The number of rotatable bonds is 5. The minimum absolute atomic E-state index is 0.100. The number of ether oxygens (including phenoxy) is 2. The Hall–Kier alpha value is -1.78. The first-order valence-corrected chi connectivity index (χ1v) is 6.45. The molecule has 0 aliphatic carbocycles. The van der Waals surface area contributed by atoms with Gasteiger partial charge in [-0.05, 0) is 18.2 Å². The maximum absolute atomic E-state index is 13.7. The van der Waals surface area contributed by atoms with Crippen molar-refractivity contribution >= 4 is 11.6 Å². The molecule has 0 atom stereocenters. The predicted molar refractivity (Wildman–Crippen MR) is 76.6 cm³/mol. The molecule has 0 saturated carbocycles. The Morgan fingerprint density at radius 3 is 2.55 bits per heavy atom. The highest BCUT2D eigenvalue weighted by Gasteiger charge is 2.08. The summed E-state index contributed by atoms with van der Waals surface area (Å²) >= 11 is 5.71. The highest BCUT2D eigenvalue weighted by molar-refractivity contribution is 6.30. The molecule has 0 aliphatic rings. The first-order chi connectivity index (χ1) is 9.63. The van der Waals surface area contributed by atoms with Crippen LogP contribution in [-0.2, 0) is 13.2 Å². The number of methoxy groups -OCH3 is 1. The van der Waals surface area contributed by atoms with Gasteiger partial charge in [0, 0.05) is 28.8 Å². The summed E-state index contributed by atoms with van der Waals surface area (Å²) in [5, 5.41) is 0.357. The van der Waals surface area contributed by atoms with Gasteiger partial charge in [0.15, 0.2) is 0 Å². The first kappa shape index (κ1) is 14.6. The minimum atomic E-state index is -0.394. The zero-order valence-corrected chi connectivity index (χ0v) is 11.8. The number of nitrogens with two attached hydrogens (primary N) is 1. The smallest absolute Gasteiger partial charge is 0.131 e. The Morgan fingerprint density at radius 2 is 1.90 bits per heavy atom. The molecule has 2 rings (SSSR count). The van der Waals surface area contributed by atoms with E-state index in [0.29, 0.717) is 28.6 Å². The fraction of sp³-hybridized carbons (Fsp3) is 0.200. The van der Waals surface area contributed by atoms with Crippen LogP contribution in [0.5, 0.6) is 11.5 Å². The third kappa shape index (κ3) is 3.40. The maximum Gasteiger partial charge on any atom is 0.131 e. The minimum Gasteiger partial charge on any atom is -0.497 e. The first-order valence-electron chi connectivity index (χ1n) is 6.07. The Balaban J connectivity index is 2.17. The molecule has 20 heavy (non-hydrogen) atoms. The van der Waals surface area contributed by atoms with Crippen molar-refractivity contribution in [3.63, 3.8) is 0 Å². The third-order valence-corrected chi connectivity index (χ3v) is 3.13. The molecule has 2 aromatic carbocycles. The normalized spacial score (nSPS) is 10.4. The molecule has 2 N–H and O–H groups in total. The Morgan fingerprint density at radius 1 is 1.15 bits per heavy atom. The summed E-state index contributed by atoms with van der Waals surface area (Å²) in [6, 6.07) is 9.84. The summed E-state index contributed by atoms with van der Waals surface area (Å²) in [5.41, 5.74) is 6.91. The van der Waals surface area contributed by atoms with Gasteiger partial charge in [-0.25, -0.2) is 4.39 Å². The number of halogens is 2. The Kier molecular flexibility index (Phi) is 4.82. The van der Waals surface area contributed by atoms with Crippen molar-refractivity contribution in [1.29, 1.82) is 0 Å². The SMILES string of the molecule is COc1ccc(CN)c(OCc2ccc(Cl)cc2F)c1. The second-order valence-corrected chi connectivity index (χ2v) is 4.64. The van der Waals surface area contributed by atoms with E-state index in [1.807, 2.05) is 6.07 Å². The van der Waals surface area contributed by atoms with Gasteiger partial charge in [-0.15, -0.1) is 0 Å². The van der Waals surface area contributed by atoms with E-state index in [4.69, 9.17) is 26.8 Å². The molecule has 2 aromatic rings. The molecule has 0 unspecified atom stereocenters. The maximum atomic E-state index is 13.7. The zero-order valence-electron chi connectivity index (χ0n) is 11.0. The van der Waals surface area contributed by atoms with Crippen molar-refractivity contribution in [2.75, 3.05) is 7.11 Å². The van der Waals surface area contributed by atoms with Gasteiger partial charge >= 0.3 is 0 Å². The van der Waals surface area contributed by atoms with Crippen molar-refractivity contribution in [3.8, 4) is 11.5 Å². The van der Waals surface area contributed by atoms with Crippen LogP contribution in [0, 0.1) is 5.82 Å². The number of hydrogen-bond acceptors (Lipinski definition) is 3. The van der Waals surface area contributed by atoms with E-state index in [9.17, 15) is 4.39 Å². The summed E-state index contributed by atoms with van der Waals surface area (Å²) < 4.78 is 24.4. The molecule has 0 fully saturated rings. The van der Waals surface area contributed by atoms with E-state index in [0.717, 1.165) is 5.56 Å². The van der Waals surface area contributed by atoms with Gasteiger partial charge in [0.05, 0.1) is 7.11 Å². The lowest BCUT2D eigenvalue weighted by Gasteiger charge is -2.12. The fourth-order valence-corrected chi connectivity index (χ4v) is 1.92. The molecule has 0 amide bonds. The average Bonchev–Trinajstić information content (AvgIpc) is 2.46. The molecule has 0 saturated heterocycles. The molecule has 0 aliphatic heterocycles. The van der Waals surface area contributed by atoms with Crippen molar-refractivity contribution in [1.82, 2.24) is 0 Å². The molecular formula is C15H15ClFNO2. The Bertz CT molecular complexity index is 604. The van der Waals surface area contributed by atoms with Crippen LogP contribution in [0.1, 0.15) is 11.1 Å². The quantitative estimate of drug-likeness (QED) is 0.918. The van der Waals surface area contributed by atoms with Crippen molar-refractivity contribution < 1.29 is 13.9 Å². The van der Waals surface area contributed by atoms with E-state index in [1.165, 1.54) is 6.07 Å². The van der Waals surface area contributed by atoms with E-state index < -0.39 is 5.82 Å². The Labute approximate surface area is 122 Å². The van der Waals surface area contributed by atoms with Crippen molar-refractivity contribution in [3.05, 3.63) is 58.4 Å². The molecule has 0 heterocycles. The van der Waals surface area contributed by atoms with Crippen LogP contribution >= 0.6 is 11.6 Å². The molecule has 0 aromatic heterocycles. The average molecular weight is 296 g/mol. The molecule has 0 bridgehead atoms. The fourth-order valence-electron chi connectivity index (χ4n) is 1.76. The van der Waals surface area contributed by atoms with Gasteiger partial charge in [-0.3, -0.25) is 0 Å². The highest BCUT2D eigenvalue weighted by atomic mass is 35.5. The molecule has 106 valence electrons. The molecule has 0 radical (unpaired) electrons. The predicted octanol–water partition coefficient (Wildman–Crippen LogP) is 3.53. The summed E-state index contributed by atoms with van der Waals surface area (Å²) in [5.74, 6) is 0.852. The van der Waals surface area contributed by atoms with Crippen LogP contribution in [0.15, 0.2) is 36.4 Å².